The van der Waals surface area contributed by atoms with Crippen molar-refractivity contribution >= 4 is 17.4 Å². The summed E-state index contributed by atoms with van der Waals surface area (Å²) in [6, 6.07) is 14.5. The van der Waals surface area contributed by atoms with Crippen LogP contribution in [-0.4, -0.2) is 31.9 Å². The zero-order valence-corrected chi connectivity index (χ0v) is 15.7. The number of nitrogens with zero attached hydrogens (tertiary/aromatic N) is 4. The molecule has 0 bridgehead atoms. The molecule has 0 saturated carbocycles. The quantitative estimate of drug-likeness (QED) is 0.699. The van der Waals surface area contributed by atoms with E-state index in [-0.39, 0.29) is 11.9 Å². The third kappa shape index (κ3) is 3.12. The SMILES string of the molecule is Cc1cc(-c2ccccc2)cc(C2CCCN2C(=O)c2snnc2C)n1. The number of aromatic nitrogens is 3. The highest BCUT2D eigenvalue weighted by molar-refractivity contribution is 7.07. The van der Waals surface area contributed by atoms with Crippen molar-refractivity contribution in [2.45, 2.75) is 32.7 Å². The van der Waals surface area contributed by atoms with Gasteiger partial charge >= 0.3 is 0 Å². The van der Waals surface area contributed by atoms with Gasteiger partial charge in [-0.1, -0.05) is 34.8 Å². The zero-order valence-electron chi connectivity index (χ0n) is 14.8. The molecule has 4 rings (SSSR count). The Morgan fingerprint density at radius 1 is 1.15 bits per heavy atom. The van der Waals surface area contributed by atoms with E-state index < -0.39 is 0 Å². The number of carbonyl (C=O) groups is 1. The molecule has 0 aliphatic carbocycles. The van der Waals surface area contributed by atoms with E-state index in [1.165, 1.54) is 11.5 Å². The predicted molar refractivity (Wildman–Crippen MR) is 102 cm³/mol. The number of pyridine rings is 1. The minimum absolute atomic E-state index is 0.00589. The van der Waals surface area contributed by atoms with Gasteiger partial charge in [-0.3, -0.25) is 9.78 Å². The summed E-state index contributed by atoms with van der Waals surface area (Å²) in [5.41, 5.74) is 4.94. The van der Waals surface area contributed by atoms with E-state index in [2.05, 4.69) is 33.9 Å². The molecule has 1 aromatic carbocycles. The Bertz CT molecular complexity index is 938. The van der Waals surface area contributed by atoms with Crippen LogP contribution >= 0.6 is 11.5 Å². The molecule has 2 aromatic heterocycles. The lowest BCUT2D eigenvalue weighted by molar-refractivity contribution is 0.0737. The summed E-state index contributed by atoms with van der Waals surface area (Å²) in [4.78, 5) is 20.3. The summed E-state index contributed by atoms with van der Waals surface area (Å²) in [6.07, 6.45) is 1.92. The van der Waals surface area contributed by atoms with Crippen molar-refractivity contribution in [2.24, 2.45) is 0 Å². The second-order valence-electron chi connectivity index (χ2n) is 6.63. The molecule has 6 heteroatoms. The standard InChI is InChI=1S/C20H20N4OS/c1-13-11-16(15-7-4-3-5-8-15)12-17(21-13)18-9-6-10-24(18)20(25)19-14(2)22-23-26-19/h3-5,7-8,11-12,18H,6,9-10H2,1-2H3. The monoisotopic (exact) mass is 364 g/mol. The molecular formula is C20H20N4OS. The molecule has 132 valence electrons. The number of carbonyl (C=O) groups excluding carboxylic acids is 1. The van der Waals surface area contributed by atoms with Crippen LogP contribution in [0.1, 0.15) is 45.6 Å². The van der Waals surface area contributed by atoms with E-state index in [1.807, 2.05) is 36.9 Å². The summed E-state index contributed by atoms with van der Waals surface area (Å²) in [5, 5.41) is 3.98. The van der Waals surface area contributed by atoms with Crippen molar-refractivity contribution in [3.63, 3.8) is 0 Å². The van der Waals surface area contributed by atoms with Gasteiger partial charge < -0.3 is 4.90 Å². The highest BCUT2D eigenvalue weighted by Gasteiger charge is 2.33. The van der Waals surface area contributed by atoms with Crippen LogP contribution in [0.25, 0.3) is 11.1 Å². The summed E-state index contributed by atoms with van der Waals surface area (Å²) in [7, 11) is 0. The van der Waals surface area contributed by atoms with E-state index >= 15 is 0 Å². The van der Waals surface area contributed by atoms with E-state index in [4.69, 9.17) is 4.98 Å². The molecule has 0 N–H and O–H groups in total. The van der Waals surface area contributed by atoms with Gasteiger partial charge in [-0.25, -0.2) is 0 Å². The Balaban J connectivity index is 1.69. The van der Waals surface area contributed by atoms with Crippen LogP contribution in [0.3, 0.4) is 0 Å². The molecule has 26 heavy (non-hydrogen) atoms. The molecule has 0 radical (unpaired) electrons. The van der Waals surface area contributed by atoms with Crippen LogP contribution in [0.2, 0.25) is 0 Å². The smallest absolute Gasteiger partial charge is 0.268 e. The Labute approximate surface area is 156 Å². The Hall–Kier alpha value is -2.60. The van der Waals surface area contributed by atoms with Gasteiger partial charge in [0.2, 0.25) is 0 Å². The minimum atomic E-state index is 0.00589. The van der Waals surface area contributed by atoms with Crippen molar-refractivity contribution in [3.8, 4) is 11.1 Å². The van der Waals surface area contributed by atoms with Gasteiger partial charge in [0.15, 0.2) is 0 Å². The van der Waals surface area contributed by atoms with E-state index in [1.54, 1.807) is 0 Å². The normalized spacial score (nSPS) is 16.8. The lowest BCUT2D eigenvalue weighted by Crippen LogP contribution is -2.31. The third-order valence-electron chi connectivity index (χ3n) is 4.78. The highest BCUT2D eigenvalue weighted by atomic mass is 32.1. The summed E-state index contributed by atoms with van der Waals surface area (Å²) >= 11 is 1.17. The first kappa shape index (κ1) is 16.8. The van der Waals surface area contributed by atoms with Gasteiger partial charge in [0.25, 0.3) is 5.91 Å². The number of hydrogen-bond acceptors (Lipinski definition) is 5. The maximum absolute atomic E-state index is 13.0. The van der Waals surface area contributed by atoms with Crippen molar-refractivity contribution in [2.75, 3.05) is 6.54 Å². The van der Waals surface area contributed by atoms with Crippen molar-refractivity contribution < 1.29 is 4.79 Å². The molecule has 1 unspecified atom stereocenters. The fourth-order valence-corrected chi connectivity index (χ4v) is 4.15. The van der Waals surface area contributed by atoms with Gasteiger partial charge in [0, 0.05) is 12.2 Å². The molecule has 1 aliphatic heterocycles. The van der Waals surface area contributed by atoms with Gasteiger partial charge in [0.05, 0.1) is 17.4 Å². The van der Waals surface area contributed by atoms with Crippen LogP contribution in [-0.2, 0) is 0 Å². The molecule has 1 saturated heterocycles. The van der Waals surface area contributed by atoms with E-state index in [0.29, 0.717) is 10.6 Å². The molecule has 1 atom stereocenters. The molecule has 3 aromatic rings. The fourth-order valence-electron chi connectivity index (χ4n) is 3.54. The molecule has 0 spiro atoms. The lowest BCUT2D eigenvalue weighted by atomic mass is 10.0. The second-order valence-corrected chi connectivity index (χ2v) is 7.39. The number of likely N-dealkylation sites (tertiary alicyclic amines) is 1. The van der Waals surface area contributed by atoms with E-state index in [9.17, 15) is 4.79 Å². The highest BCUT2D eigenvalue weighted by Crippen LogP contribution is 2.35. The van der Waals surface area contributed by atoms with Crippen LogP contribution in [0.15, 0.2) is 42.5 Å². The fraction of sp³-hybridized carbons (Fsp3) is 0.300. The summed E-state index contributed by atoms with van der Waals surface area (Å²) in [6.45, 7) is 4.59. The van der Waals surface area contributed by atoms with Crippen LogP contribution in [0.4, 0.5) is 0 Å². The maximum atomic E-state index is 13.0. The average Bonchev–Trinajstić information content (AvgIpc) is 3.30. The Kier molecular flexibility index (Phi) is 4.51. The zero-order chi connectivity index (χ0) is 18.1. The van der Waals surface area contributed by atoms with Crippen LogP contribution in [0, 0.1) is 13.8 Å². The largest absolute Gasteiger partial charge is 0.329 e. The molecule has 5 nitrogen and oxygen atoms in total. The van der Waals surface area contributed by atoms with Crippen LogP contribution < -0.4 is 0 Å². The average molecular weight is 364 g/mol. The number of benzene rings is 1. The first-order valence-electron chi connectivity index (χ1n) is 8.77. The molecular weight excluding hydrogens is 344 g/mol. The van der Waals surface area contributed by atoms with Crippen LogP contribution in [0.5, 0.6) is 0 Å². The molecule has 1 amide bonds. The number of amides is 1. The van der Waals surface area contributed by atoms with Crippen molar-refractivity contribution in [3.05, 3.63) is 64.4 Å². The molecule has 1 aliphatic rings. The maximum Gasteiger partial charge on any atom is 0.268 e. The minimum Gasteiger partial charge on any atom is -0.329 e. The second kappa shape index (κ2) is 6.96. The predicted octanol–water partition coefficient (Wildman–Crippen LogP) is 4.19. The molecule has 1 fully saturated rings. The third-order valence-corrected chi connectivity index (χ3v) is 5.60. The van der Waals surface area contributed by atoms with Gasteiger partial charge in [-0.2, -0.15) is 0 Å². The number of aryl methyl sites for hydroxylation is 2. The van der Waals surface area contributed by atoms with E-state index in [0.717, 1.165) is 41.9 Å². The van der Waals surface area contributed by atoms with Crippen molar-refractivity contribution in [1.29, 1.82) is 0 Å². The lowest BCUT2D eigenvalue weighted by Gasteiger charge is -2.24. The summed E-state index contributed by atoms with van der Waals surface area (Å²) < 4.78 is 3.91. The Morgan fingerprint density at radius 3 is 2.69 bits per heavy atom. The Morgan fingerprint density at radius 2 is 1.96 bits per heavy atom. The molecule has 3 heterocycles. The van der Waals surface area contributed by atoms with Crippen molar-refractivity contribution in [1.82, 2.24) is 19.5 Å². The van der Waals surface area contributed by atoms with Gasteiger partial charge in [-0.05, 0) is 61.5 Å². The van der Waals surface area contributed by atoms with Gasteiger partial charge in [-0.15, -0.1) is 5.10 Å². The number of rotatable bonds is 3. The van der Waals surface area contributed by atoms with Gasteiger partial charge in [0.1, 0.15) is 4.88 Å². The first-order chi connectivity index (χ1) is 12.6. The first-order valence-corrected chi connectivity index (χ1v) is 9.55. The summed E-state index contributed by atoms with van der Waals surface area (Å²) in [5.74, 6) is 0.0181. The number of hydrogen-bond donors (Lipinski definition) is 0. The topological polar surface area (TPSA) is 59.0 Å².